The predicted octanol–water partition coefficient (Wildman–Crippen LogP) is 6.65. The minimum Gasteiger partial charge on any atom is -0.268 e. The van der Waals surface area contributed by atoms with E-state index in [-0.39, 0.29) is 5.56 Å². The second-order valence-electron chi connectivity index (χ2n) is 6.87. The van der Waals surface area contributed by atoms with E-state index >= 15 is 0 Å². The molecule has 4 rings (SSSR count). The second kappa shape index (κ2) is 8.74. The first-order valence-electron chi connectivity index (χ1n) is 9.56. The van der Waals surface area contributed by atoms with Crippen LogP contribution in [0.2, 0.25) is 5.02 Å². The smallest absolute Gasteiger partial charge is 0.267 e. The largest absolute Gasteiger partial charge is 0.268 e. The van der Waals surface area contributed by atoms with Crippen LogP contribution in [0.25, 0.3) is 15.9 Å². The van der Waals surface area contributed by atoms with Gasteiger partial charge in [0.05, 0.1) is 11.1 Å². The Hall–Kier alpha value is -2.08. The summed E-state index contributed by atoms with van der Waals surface area (Å²) in [4.78, 5) is 20.6. The lowest BCUT2D eigenvalue weighted by molar-refractivity contribution is 0.821. The van der Waals surface area contributed by atoms with Crippen LogP contribution < -0.4 is 5.56 Å². The second-order valence-corrected chi connectivity index (χ2v) is 9.33. The topological polar surface area (TPSA) is 34.9 Å². The number of aromatic nitrogens is 2. The Labute approximate surface area is 183 Å². The molecule has 6 heteroatoms. The molecule has 0 radical (unpaired) electrons. The summed E-state index contributed by atoms with van der Waals surface area (Å²) in [6.07, 6.45) is 2.03. The summed E-state index contributed by atoms with van der Waals surface area (Å²) < 4.78 is 1.74. The number of thiophene rings is 1. The van der Waals surface area contributed by atoms with Crippen LogP contribution in [-0.4, -0.2) is 9.55 Å². The summed E-state index contributed by atoms with van der Waals surface area (Å²) in [5.41, 5.74) is 3.01. The summed E-state index contributed by atoms with van der Waals surface area (Å²) in [5.74, 6) is 0.692. The van der Waals surface area contributed by atoms with Crippen LogP contribution in [0.1, 0.15) is 29.3 Å². The van der Waals surface area contributed by atoms with Crippen molar-refractivity contribution in [3.05, 3.63) is 86.0 Å². The van der Waals surface area contributed by atoms with Crippen molar-refractivity contribution in [3.8, 4) is 5.69 Å². The Morgan fingerprint density at radius 2 is 1.93 bits per heavy atom. The van der Waals surface area contributed by atoms with Crippen LogP contribution in [0.5, 0.6) is 0 Å². The minimum atomic E-state index is 0.00546. The Morgan fingerprint density at radius 3 is 2.66 bits per heavy atom. The number of rotatable bonds is 6. The van der Waals surface area contributed by atoms with Gasteiger partial charge < -0.3 is 0 Å². The van der Waals surface area contributed by atoms with Crippen molar-refractivity contribution in [2.75, 3.05) is 0 Å². The van der Waals surface area contributed by atoms with Crippen LogP contribution in [-0.2, 0) is 12.2 Å². The third kappa shape index (κ3) is 4.13. The molecule has 0 unspecified atom stereocenters. The zero-order valence-corrected chi connectivity index (χ0v) is 18.7. The Kier molecular flexibility index (Phi) is 6.09. The average molecular weight is 441 g/mol. The maximum Gasteiger partial charge on any atom is 0.267 e. The molecule has 3 nitrogen and oxygen atoms in total. The molecule has 29 heavy (non-hydrogen) atoms. The molecule has 0 aliphatic heterocycles. The fourth-order valence-corrected chi connectivity index (χ4v) is 5.84. The molecule has 2 aromatic heterocycles. The lowest BCUT2D eigenvalue weighted by atomic mass is 10.1. The van der Waals surface area contributed by atoms with Gasteiger partial charge in [-0.25, -0.2) is 4.98 Å². The first-order valence-corrected chi connectivity index (χ1v) is 11.7. The van der Waals surface area contributed by atoms with Crippen LogP contribution in [0.4, 0.5) is 0 Å². The maximum absolute atomic E-state index is 13.5. The van der Waals surface area contributed by atoms with Gasteiger partial charge in [-0.1, -0.05) is 67.0 Å². The first-order chi connectivity index (χ1) is 14.1. The number of aryl methyl sites for hydroxylation is 2. The van der Waals surface area contributed by atoms with Gasteiger partial charge in [0.15, 0.2) is 5.16 Å². The molecule has 4 aromatic rings. The van der Waals surface area contributed by atoms with E-state index in [4.69, 9.17) is 16.6 Å². The standard InChI is InChI=1S/C23H21ClN2OS2/c1-3-8-19-15(2)20-21(29-19)25-23(28-14-16-9-7-10-17(24)13-16)26(22(20)27)18-11-5-4-6-12-18/h4-7,9-13H,3,8,14H2,1-2H3. The van der Waals surface area contributed by atoms with E-state index in [1.165, 1.54) is 4.88 Å². The lowest BCUT2D eigenvalue weighted by Crippen LogP contribution is -2.21. The number of fused-ring (bicyclic) bond motifs is 1. The van der Waals surface area contributed by atoms with Crippen molar-refractivity contribution in [3.63, 3.8) is 0 Å². The normalized spacial score (nSPS) is 11.3. The van der Waals surface area contributed by atoms with Gasteiger partial charge in [-0.05, 0) is 48.7 Å². The summed E-state index contributed by atoms with van der Waals surface area (Å²) in [5, 5.41) is 2.16. The van der Waals surface area contributed by atoms with Gasteiger partial charge in [0, 0.05) is 15.7 Å². The molecule has 0 aliphatic rings. The highest BCUT2D eigenvalue weighted by Gasteiger charge is 2.19. The third-order valence-electron chi connectivity index (χ3n) is 4.78. The van der Waals surface area contributed by atoms with Crippen molar-refractivity contribution >= 4 is 44.9 Å². The molecule has 148 valence electrons. The van der Waals surface area contributed by atoms with E-state index in [0.717, 1.165) is 39.9 Å². The fraction of sp³-hybridized carbons (Fsp3) is 0.217. The molecule has 0 spiro atoms. The molecule has 0 bridgehead atoms. The Bertz CT molecular complexity index is 1220. The highest BCUT2D eigenvalue weighted by atomic mass is 35.5. The third-order valence-corrected chi connectivity index (χ3v) is 7.27. The average Bonchev–Trinajstić information content (AvgIpc) is 3.03. The van der Waals surface area contributed by atoms with Gasteiger partial charge in [0.2, 0.25) is 0 Å². The minimum absolute atomic E-state index is 0.00546. The van der Waals surface area contributed by atoms with Gasteiger partial charge >= 0.3 is 0 Å². The predicted molar refractivity (Wildman–Crippen MR) is 125 cm³/mol. The number of para-hydroxylation sites is 1. The van der Waals surface area contributed by atoms with E-state index in [2.05, 4.69) is 6.92 Å². The highest BCUT2D eigenvalue weighted by molar-refractivity contribution is 7.98. The van der Waals surface area contributed by atoms with E-state index in [1.54, 1.807) is 27.7 Å². The van der Waals surface area contributed by atoms with E-state index in [9.17, 15) is 4.79 Å². The number of thioether (sulfide) groups is 1. The molecule has 0 N–H and O–H groups in total. The molecule has 2 heterocycles. The summed E-state index contributed by atoms with van der Waals surface area (Å²) in [6.45, 7) is 4.20. The summed E-state index contributed by atoms with van der Waals surface area (Å²) in [6, 6.07) is 17.5. The summed E-state index contributed by atoms with van der Waals surface area (Å²) >= 11 is 9.34. The Morgan fingerprint density at radius 1 is 1.14 bits per heavy atom. The van der Waals surface area contributed by atoms with Crippen molar-refractivity contribution in [1.82, 2.24) is 9.55 Å². The Balaban J connectivity index is 1.86. The quantitative estimate of drug-likeness (QED) is 0.248. The molecule has 2 aromatic carbocycles. The van der Waals surface area contributed by atoms with Crippen molar-refractivity contribution in [1.29, 1.82) is 0 Å². The van der Waals surface area contributed by atoms with Crippen molar-refractivity contribution in [2.45, 2.75) is 37.6 Å². The van der Waals surface area contributed by atoms with Gasteiger partial charge in [-0.3, -0.25) is 9.36 Å². The fourth-order valence-electron chi connectivity index (χ4n) is 3.35. The molecular weight excluding hydrogens is 420 g/mol. The van der Waals surface area contributed by atoms with Crippen LogP contribution in [0, 0.1) is 6.92 Å². The molecular formula is C23H21ClN2OS2. The van der Waals surface area contributed by atoms with E-state index < -0.39 is 0 Å². The van der Waals surface area contributed by atoms with Crippen LogP contribution in [0.15, 0.2) is 64.5 Å². The summed E-state index contributed by atoms with van der Waals surface area (Å²) in [7, 11) is 0. The SMILES string of the molecule is CCCc1sc2nc(SCc3cccc(Cl)c3)n(-c3ccccc3)c(=O)c2c1C. The molecule has 0 saturated heterocycles. The molecule has 0 fully saturated rings. The molecule has 0 atom stereocenters. The van der Waals surface area contributed by atoms with Gasteiger partial charge in [0.1, 0.15) is 4.83 Å². The zero-order chi connectivity index (χ0) is 20.4. The zero-order valence-electron chi connectivity index (χ0n) is 16.3. The maximum atomic E-state index is 13.5. The lowest BCUT2D eigenvalue weighted by Gasteiger charge is -2.12. The first kappa shape index (κ1) is 20.2. The number of benzene rings is 2. The van der Waals surface area contributed by atoms with Crippen LogP contribution in [0.3, 0.4) is 0 Å². The highest BCUT2D eigenvalue weighted by Crippen LogP contribution is 2.32. The van der Waals surface area contributed by atoms with Crippen molar-refractivity contribution < 1.29 is 0 Å². The van der Waals surface area contributed by atoms with E-state index in [0.29, 0.717) is 15.9 Å². The number of nitrogens with zero attached hydrogens (tertiary/aromatic N) is 2. The molecule has 0 saturated carbocycles. The number of halogens is 1. The van der Waals surface area contributed by atoms with Gasteiger partial charge in [0.25, 0.3) is 5.56 Å². The monoisotopic (exact) mass is 440 g/mol. The number of hydrogen-bond donors (Lipinski definition) is 0. The van der Waals surface area contributed by atoms with Crippen LogP contribution >= 0.6 is 34.7 Å². The van der Waals surface area contributed by atoms with Gasteiger partial charge in [-0.15, -0.1) is 11.3 Å². The van der Waals surface area contributed by atoms with Crippen molar-refractivity contribution in [2.24, 2.45) is 0 Å². The molecule has 0 amide bonds. The molecule has 0 aliphatic carbocycles. The van der Waals surface area contributed by atoms with E-state index in [1.807, 2.05) is 61.5 Å². The van der Waals surface area contributed by atoms with Gasteiger partial charge in [-0.2, -0.15) is 0 Å². The number of hydrogen-bond acceptors (Lipinski definition) is 4.